The van der Waals surface area contributed by atoms with Crippen LogP contribution in [0.2, 0.25) is 0 Å². The number of hydrogen-bond acceptors (Lipinski definition) is 6. The molecule has 1 aromatic heterocycles. The van der Waals surface area contributed by atoms with E-state index in [1.54, 1.807) is 30.6 Å². The predicted molar refractivity (Wildman–Crippen MR) is 116 cm³/mol. The molecule has 1 aliphatic heterocycles. The van der Waals surface area contributed by atoms with Crippen LogP contribution in [0.25, 0.3) is 0 Å². The average Bonchev–Trinajstić information content (AvgIpc) is 3.24. The number of nitrogens with zero attached hydrogens (tertiary/aromatic N) is 3. The second-order valence-electron chi connectivity index (χ2n) is 7.23. The highest BCUT2D eigenvalue weighted by Crippen LogP contribution is 2.29. The molecule has 0 aliphatic carbocycles. The molecule has 2 aromatic carbocycles. The van der Waals surface area contributed by atoms with Crippen LogP contribution >= 0.6 is 11.3 Å². The molecule has 6 nitrogen and oxygen atoms in total. The first-order valence-electron chi connectivity index (χ1n) is 9.88. The van der Waals surface area contributed by atoms with Gasteiger partial charge in [-0.25, -0.2) is 4.39 Å². The molecule has 1 fully saturated rings. The fourth-order valence-corrected chi connectivity index (χ4v) is 4.46. The summed E-state index contributed by atoms with van der Waals surface area (Å²) in [5, 5.41) is 13.3. The molecule has 1 aliphatic rings. The molecule has 3 aromatic rings. The lowest BCUT2D eigenvalue weighted by Crippen LogP contribution is -2.38. The summed E-state index contributed by atoms with van der Waals surface area (Å²) in [5.41, 5.74) is 1.70. The number of nitrogens with one attached hydrogen (secondary N) is 1. The van der Waals surface area contributed by atoms with E-state index in [1.807, 2.05) is 24.3 Å². The van der Waals surface area contributed by atoms with Gasteiger partial charge in [-0.05, 0) is 42.7 Å². The van der Waals surface area contributed by atoms with Crippen LogP contribution in [0.4, 0.5) is 15.2 Å². The molecule has 1 N–H and O–H groups in total. The number of benzene rings is 2. The van der Waals surface area contributed by atoms with E-state index in [0.717, 1.165) is 41.6 Å². The van der Waals surface area contributed by atoms with Crippen molar-refractivity contribution in [3.8, 4) is 5.75 Å². The van der Waals surface area contributed by atoms with Crippen molar-refractivity contribution in [3.63, 3.8) is 0 Å². The van der Waals surface area contributed by atoms with Gasteiger partial charge in [-0.15, -0.1) is 10.2 Å². The van der Waals surface area contributed by atoms with Gasteiger partial charge in [0, 0.05) is 25.4 Å². The van der Waals surface area contributed by atoms with Gasteiger partial charge in [0.25, 0.3) is 0 Å². The number of hydrogen-bond donors (Lipinski definition) is 1. The molecule has 2 heterocycles. The van der Waals surface area contributed by atoms with Crippen molar-refractivity contribution in [2.45, 2.75) is 19.3 Å². The number of amides is 1. The number of aromatic nitrogens is 2. The van der Waals surface area contributed by atoms with Gasteiger partial charge in [0.15, 0.2) is 0 Å². The monoisotopic (exact) mass is 426 g/mol. The predicted octanol–water partition coefficient (Wildman–Crippen LogP) is 4.13. The summed E-state index contributed by atoms with van der Waals surface area (Å²) in [7, 11) is 1.59. The molecule has 1 amide bonds. The van der Waals surface area contributed by atoms with Crippen LogP contribution in [-0.4, -0.2) is 36.3 Å². The maximum absolute atomic E-state index is 13.1. The minimum Gasteiger partial charge on any atom is -0.495 e. The topological polar surface area (TPSA) is 67.3 Å². The average molecular weight is 427 g/mol. The van der Waals surface area contributed by atoms with E-state index in [2.05, 4.69) is 20.4 Å². The van der Waals surface area contributed by atoms with Crippen molar-refractivity contribution in [2.24, 2.45) is 5.92 Å². The molecule has 30 heavy (non-hydrogen) atoms. The van der Waals surface area contributed by atoms with Crippen LogP contribution in [0.15, 0.2) is 48.5 Å². The van der Waals surface area contributed by atoms with E-state index >= 15 is 0 Å². The number of para-hydroxylation sites is 2. The van der Waals surface area contributed by atoms with Gasteiger partial charge in [-0.2, -0.15) is 0 Å². The Morgan fingerprint density at radius 2 is 1.90 bits per heavy atom. The Kier molecular flexibility index (Phi) is 6.23. The number of ether oxygens (including phenoxy) is 1. The lowest BCUT2D eigenvalue weighted by Gasteiger charge is -2.30. The lowest BCUT2D eigenvalue weighted by atomic mass is 9.96. The smallest absolute Gasteiger partial charge is 0.227 e. The van der Waals surface area contributed by atoms with E-state index in [4.69, 9.17) is 4.74 Å². The number of methoxy groups -OCH3 is 1. The first kappa shape index (κ1) is 20.3. The molecule has 156 valence electrons. The SMILES string of the molecule is COc1ccccc1NC(=O)C1CCN(c2nnc(Cc3ccc(F)cc3)s2)CC1. The highest BCUT2D eigenvalue weighted by molar-refractivity contribution is 7.15. The fourth-order valence-electron chi connectivity index (χ4n) is 3.54. The van der Waals surface area contributed by atoms with Crippen molar-refractivity contribution in [2.75, 3.05) is 30.4 Å². The summed E-state index contributed by atoms with van der Waals surface area (Å²) >= 11 is 1.55. The van der Waals surface area contributed by atoms with Crippen LogP contribution in [0.1, 0.15) is 23.4 Å². The van der Waals surface area contributed by atoms with E-state index in [-0.39, 0.29) is 17.6 Å². The highest BCUT2D eigenvalue weighted by atomic mass is 32.1. The molecule has 0 saturated carbocycles. The first-order valence-corrected chi connectivity index (χ1v) is 10.7. The number of rotatable bonds is 6. The Hall–Kier alpha value is -3.00. The van der Waals surface area contributed by atoms with Crippen molar-refractivity contribution >= 4 is 28.1 Å². The lowest BCUT2D eigenvalue weighted by molar-refractivity contribution is -0.120. The summed E-state index contributed by atoms with van der Waals surface area (Å²) in [6, 6.07) is 13.9. The molecule has 0 atom stereocenters. The van der Waals surface area contributed by atoms with Gasteiger partial charge in [-0.1, -0.05) is 35.6 Å². The molecule has 0 unspecified atom stereocenters. The number of piperidine rings is 1. The first-order chi connectivity index (χ1) is 14.6. The molecule has 0 bridgehead atoms. The van der Waals surface area contributed by atoms with Gasteiger partial charge in [0.05, 0.1) is 12.8 Å². The van der Waals surface area contributed by atoms with Crippen molar-refractivity contribution in [1.82, 2.24) is 10.2 Å². The Morgan fingerprint density at radius 3 is 2.63 bits per heavy atom. The van der Waals surface area contributed by atoms with Gasteiger partial charge in [0.1, 0.15) is 16.6 Å². The van der Waals surface area contributed by atoms with Gasteiger partial charge in [0.2, 0.25) is 11.0 Å². The zero-order valence-corrected chi connectivity index (χ0v) is 17.5. The maximum atomic E-state index is 13.1. The summed E-state index contributed by atoms with van der Waals surface area (Å²) in [4.78, 5) is 14.9. The summed E-state index contributed by atoms with van der Waals surface area (Å²) in [6.07, 6.45) is 2.15. The normalized spacial score (nSPS) is 14.5. The number of carbonyl (C=O) groups is 1. The van der Waals surface area contributed by atoms with E-state index in [1.165, 1.54) is 12.1 Å². The van der Waals surface area contributed by atoms with Crippen LogP contribution in [0, 0.1) is 11.7 Å². The molecular weight excluding hydrogens is 403 g/mol. The van der Waals surface area contributed by atoms with Crippen LogP contribution < -0.4 is 15.0 Å². The largest absolute Gasteiger partial charge is 0.495 e. The zero-order chi connectivity index (χ0) is 20.9. The second kappa shape index (κ2) is 9.21. The van der Waals surface area contributed by atoms with Gasteiger partial charge >= 0.3 is 0 Å². The van der Waals surface area contributed by atoms with E-state index in [0.29, 0.717) is 17.9 Å². The van der Waals surface area contributed by atoms with Crippen LogP contribution in [0.3, 0.4) is 0 Å². The standard InChI is InChI=1S/C22H23FN4O2S/c1-29-19-5-3-2-4-18(19)24-21(28)16-10-12-27(13-11-16)22-26-25-20(30-22)14-15-6-8-17(23)9-7-15/h2-9,16H,10-14H2,1H3,(H,24,28). The maximum Gasteiger partial charge on any atom is 0.227 e. The fraction of sp³-hybridized carbons (Fsp3) is 0.318. The van der Waals surface area contributed by atoms with Crippen molar-refractivity contribution < 1.29 is 13.9 Å². The van der Waals surface area contributed by atoms with Gasteiger partial charge in [-0.3, -0.25) is 4.79 Å². The summed E-state index contributed by atoms with van der Waals surface area (Å²) < 4.78 is 18.4. The highest BCUT2D eigenvalue weighted by Gasteiger charge is 2.27. The molecule has 8 heteroatoms. The molecule has 0 radical (unpaired) electrons. The second-order valence-corrected chi connectivity index (χ2v) is 8.27. The third kappa shape index (κ3) is 4.76. The van der Waals surface area contributed by atoms with E-state index in [9.17, 15) is 9.18 Å². The summed E-state index contributed by atoms with van der Waals surface area (Å²) in [5.74, 6) is 0.395. The minimum absolute atomic E-state index is 0.0217. The molecule has 1 saturated heterocycles. The van der Waals surface area contributed by atoms with Crippen molar-refractivity contribution in [1.29, 1.82) is 0 Å². The number of anilines is 2. The zero-order valence-electron chi connectivity index (χ0n) is 16.7. The third-order valence-electron chi connectivity index (χ3n) is 5.23. The summed E-state index contributed by atoms with van der Waals surface area (Å²) in [6.45, 7) is 1.52. The third-order valence-corrected chi connectivity index (χ3v) is 6.21. The number of halogens is 1. The van der Waals surface area contributed by atoms with Crippen LogP contribution in [-0.2, 0) is 11.2 Å². The quantitative estimate of drug-likeness (QED) is 0.642. The molecular formula is C22H23FN4O2S. The number of carbonyl (C=O) groups excluding carboxylic acids is 1. The Labute approximate surface area is 178 Å². The van der Waals surface area contributed by atoms with Crippen molar-refractivity contribution in [3.05, 3.63) is 64.9 Å². The minimum atomic E-state index is -0.241. The Balaban J connectivity index is 1.31. The Morgan fingerprint density at radius 1 is 1.17 bits per heavy atom. The Bertz CT molecular complexity index is 1000. The van der Waals surface area contributed by atoms with Crippen LogP contribution in [0.5, 0.6) is 5.75 Å². The van der Waals surface area contributed by atoms with E-state index < -0.39 is 0 Å². The molecule has 4 rings (SSSR count). The van der Waals surface area contributed by atoms with Gasteiger partial charge < -0.3 is 15.0 Å². The molecule has 0 spiro atoms.